The molecule has 7 heteroatoms. The molecule has 8 rings (SSSR count). The van der Waals surface area contributed by atoms with Gasteiger partial charge in [0.2, 0.25) is 0 Å². The van der Waals surface area contributed by atoms with Gasteiger partial charge in [0.1, 0.15) is 11.2 Å². The first-order valence-corrected chi connectivity index (χ1v) is 15.6. The van der Waals surface area contributed by atoms with Crippen molar-refractivity contribution in [3.63, 3.8) is 0 Å². The smallest absolute Gasteiger partial charge is 0.195 e. The zero-order valence-corrected chi connectivity index (χ0v) is 25.5. The van der Waals surface area contributed by atoms with Crippen LogP contribution in [0.2, 0.25) is 0 Å². The molecule has 41 heavy (non-hydrogen) atoms. The van der Waals surface area contributed by atoms with Gasteiger partial charge in [-0.3, -0.25) is 4.79 Å². The maximum atomic E-state index is 13.5. The second-order valence-electron chi connectivity index (χ2n) is 13.8. The molecule has 3 aromatic rings. The van der Waals surface area contributed by atoms with Crippen LogP contribution in [-0.2, 0) is 37.4 Å². The number of H-pyrrole nitrogens is 1. The molecule has 3 aliphatic carbocycles. The third kappa shape index (κ3) is 3.14. The lowest BCUT2D eigenvalue weighted by Crippen LogP contribution is -2.74. The van der Waals surface area contributed by atoms with E-state index in [1.807, 2.05) is 38.1 Å². The van der Waals surface area contributed by atoms with Crippen LogP contribution in [0.25, 0.3) is 10.9 Å². The summed E-state index contributed by atoms with van der Waals surface area (Å²) in [6, 6.07) is 16.6. The van der Waals surface area contributed by atoms with Crippen LogP contribution in [-0.4, -0.2) is 45.1 Å². The molecule has 2 saturated carbocycles. The van der Waals surface area contributed by atoms with Gasteiger partial charge < -0.3 is 24.3 Å². The highest BCUT2D eigenvalue weighted by molar-refractivity contribution is 9.10. The summed E-state index contributed by atoms with van der Waals surface area (Å²) in [7, 11) is 0. The Morgan fingerprint density at radius 3 is 2.61 bits per heavy atom. The number of rotatable bonds is 3. The fraction of sp³-hybridized carbons (Fsp3) is 0.500. The Balaban J connectivity index is 1.30. The molecule has 3 fully saturated rings. The lowest BCUT2D eigenvalue weighted by atomic mass is 9.41. The highest BCUT2D eigenvalue weighted by atomic mass is 79.9. The zero-order chi connectivity index (χ0) is 28.6. The largest absolute Gasteiger partial charge is 0.382 e. The van der Waals surface area contributed by atoms with E-state index in [0.29, 0.717) is 31.4 Å². The molecule has 1 unspecified atom stereocenters. The van der Waals surface area contributed by atoms with Crippen molar-refractivity contribution in [1.29, 1.82) is 0 Å². The lowest BCUT2D eigenvalue weighted by molar-refractivity contribution is -0.282. The van der Waals surface area contributed by atoms with Crippen molar-refractivity contribution < 1.29 is 24.1 Å². The molecule has 1 saturated heterocycles. The number of benzene rings is 2. The fourth-order valence-electron chi connectivity index (χ4n) is 9.36. The Morgan fingerprint density at radius 1 is 1.07 bits per heavy atom. The zero-order valence-electron chi connectivity index (χ0n) is 23.9. The van der Waals surface area contributed by atoms with E-state index >= 15 is 0 Å². The number of aromatic amines is 1. The van der Waals surface area contributed by atoms with E-state index in [-0.39, 0.29) is 17.1 Å². The standard InChI is InChI=1S/C34H36BrNO5/c1-30(2)29-25(37)17-26-33(40-29,41-30)14-13-31(3)32(4)20(15-23-22-7-5-6-8-24(22)36-28(23)32)16-27(34(26,31)38)39-18-19-9-11-21(35)12-10-19/h5-12,17,20,27,29,36,38H,13-16,18H2,1-4H3/t20-,27+,29+,31-,32-,33?,34+/m1/s1. The number of hydrogen-bond acceptors (Lipinski definition) is 5. The number of hydrogen-bond donors (Lipinski definition) is 2. The molecule has 2 aliphatic heterocycles. The maximum Gasteiger partial charge on any atom is 0.195 e. The first-order chi connectivity index (χ1) is 19.4. The average Bonchev–Trinajstić information content (AvgIpc) is 3.52. The molecule has 5 aliphatic rings. The van der Waals surface area contributed by atoms with E-state index in [2.05, 4.69) is 59.0 Å². The highest BCUT2D eigenvalue weighted by Crippen LogP contribution is 2.72. The van der Waals surface area contributed by atoms with E-state index in [4.69, 9.17) is 14.2 Å². The number of ketones is 1. The maximum absolute atomic E-state index is 13.5. The summed E-state index contributed by atoms with van der Waals surface area (Å²) in [6.45, 7) is 8.71. The van der Waals surface area contributed by atoms with E-state index in [1.165, 1.54) is 16.6 Å². The van der Waals surface area contributed by atoms with Gasteiger partial charge in [0.05, 0.1) is 12.7 Å². The molecule has 0 amide bonds. The van der Waals surface area contributed by atoms with Gasteiger partial charge in [-0.15, -0.1) is 0 Å². The Bertz CT molecular complexity index is 1640. The molecule has 2 aromatic carbocycles. The van der Waals surface area contributed by atoms with Crippen LogP contribution >= 0.6 is 15.9 Å². The summed E-state index contributed by atoms with van der Waals surface area (Å²) < 4.78 is 20.9. The number of fused-ring (bicyclic) bond motifs is 9. The van der Waals surface area contributed by atoms with Gasteiger partial charge in [-0.05, 0) is 74.4 Å². The normalized spacial score (nSPS) is 40.1. The molecular weight excluding hydrogens is 582 g/mol. The van der Waals surface area contributed by atoms with Crippen LogP contribution in [0.15, 0.2) is 64.7 Å². The minimum atomic E-state index is -1.49. The number of nitrogens with one attached hydrogen (secondary N) is 1. The molecule has 0 radical (unpaired) electrons. The third-order valence-electron chi connectivity index (χ3n) is 11.6. The van der Waals surface area contributed by atoms with Gasteiger partial charge in [0.25, 0.3) is 0 Å². The average molecular weight is 619 g/mol. The van der Waals surface area contributed by atoms with E-state index < -0.39 is 34.6 Å². The van der Waals surface area contributed by atoms with Crippen molar-refractivity contribution in [2.24, 2.45) is 11.3 Å². The summed E-state index contributed by atoms with van der Waals surface area (Å²) in [5, 5.41) is 14.7. The number of aliphatic hydroxyl groups is 1. The van der Waals surface area contributed by atoms with Crippen LogP contribution in [0, 0.1) is 11.3 Å². The molecule has 2 N–H and O–H groups in total. The topological polar surface area (TPSA) is 80.8 Å². The minimum Gasteiger partial charge on any atom is -0.382 e. The Labute approximate surface area is 248 Å². The van der Waals surface area contributed by atoms with Crippen molar-refractivity contribution in [2.75, 3.05) is 0 Å². The molecular formula is C34H36BrNO5. The quantitative estimate of drug-likeness (QED) is 0.361. The first kappa shape index (κ1) is 26.3. The van der Waals surface area contributed by atoms with Crippen LogP contribution in [0.1, 0.15) is 63.8 Å². The number of ether oxygens (including phenoxy) is 3. The highest BCUT2D eigenvalue weighted by Gasteiger charge is 2.78. The number of aromatic nitrogens is 1. The molecule has 1 spiro atoms. The van der Waals surface area contributed by atoms with Gasteiger partial charge in [-0.1, -0.05) is 60.1 Å². The SMILES string of the molecule is CC1(C)OC23CC[C@]4(C)[C@@]5(C)c6[nH]c7ccccc7c6C[C@@H]5C[C@H](OCc5ccc(Br)cc5)[C@@]4(O)C2=CC(=O)[C@@H]1O3. The fourth-order valence-corrected chi connectivity index (χ4v) is 9.63. The number of carbonyl (C=O) groups is 1. The minimum absolute atomic E-state index is 0.146. The van der Waals surface area contributed by atoms with E-state index in [9.17, 15) is 9.90 Å². The summed E-state index contributed by atoms with van der Waals surface area (Å²) in [5.41, 5.74) is 1.92. The van der Waals surface area contributed by atoms with Crippen molar-refractivity contribution >= 4 is 32.6 Å². The van der Waals surface area contributed by atoms with Gasteiger partial charge in [-0.2, -0.15) is 0 Å². The van der Waals surface area contributed by atoms with Crippen LogP contribution in [0.5, 0.6) is 0 Å². The number of para-hydroxylation sites is 1. The van der Waals surface area contributed by atoms with Crippen molar-refractivity contribution in [2.45, 2.75) is 94.6 Å². The Hall–Kier alpha value is -2.29. The van der Waals surface area contributed by atoms with Gasteiger partial charge >= 0.3 is 0 Å². The second kappa shape index (κ2) is 8.20. The van der Waals surface area contributed by atoms with Gasteiger partial charge in [0.15, 0.2) is 17.7 Å². The molecule has 7 atom stereocenters. The second-order valence-corrected chi connectivity index (χ2v) is 14.7. The summed E-state index contributed by atoms with van der Waals surface area (Å²) >= 11 is 3.52. The predicted molar refractivity (Wildman–Crippen MR) is 158 cm³/mol. The van der Waals surface area contributed by atoms with Crippen molar-refractivity contribution in [1.82, 2.24) is 4.98 Å². The Kier molecular flexibility index (Phi) is 5.27. The van der Waals surface area contributed by atoms with E-state index in [0.717, 1.165) is 22.0 Å². The summed E-state index contributed by atoms with van der Waals surface area (Å²) in [5.74, 6) is -1.02. The first-order valence-electron chi connectivity index (χ1n) is 14.8. The molecule has 2 bridgehead atoms. The molecule has 214 valence electrons. The summed E-state index contributed by atoms with van der Waals surface area (Å²) in [4.78, 5) is 17.3. The molecule has 6 nitrogen and oxygen atoms in total. The monoisotopic (exact) mass is 617 g/mol. The number of carbonyl (C=O) groups excluding carboxylic acids is 1. The van der Waals surface area contributed by atoms with E-state index in [1.54, 1.807) is 6.08 Å². The third-order valence-corrected chi connectivity index (χ3v) is 12.1. The van der Waals surface area contributed by atoms with Gasteiger partial charge in [0, 0.05) is 43.9 Å². The van der Waals surface area contributed by atoms with Crippen molar-refractivity contribution in [3.05, 3.63) is 81.5 Å². The predicted octanol–water partition coefficient (Wildman–Crippen LogP) is 6.28. The molecule has 1 aromatic heterocycles. The van der Waals surface area contributed by atoms with Crippen molar-refractivity contribution in [3.8, 4) is 0 Å². The van der Waals surface area contributed by atoms with Gasteiger partial charge in [-0.25, -0.2) is 0 Å². The molecule has 3 heterocycles. The number of halogens is 1. The summed E-state index contributed by atoms with van der Waals surface area (Å²) in [6.07, 6.45) is 3.24. The van der Waals surface area contributed by atoms with Crippen LogP contribution in [0.3, 0.4) is 0 Å². The van der Waals surface area contributed by atoms with Crippen LogP contribution in [0.4, 0.5) is 0 Å². The lowest BCUT2D eigenvalue weighted by Gasteiger charge is -2.67. The van der Waals surface area contributed by atoms with Crippen LogP contribution < -0.4 is 0 Å². The Morgan fingerprint density at radius 2 is 1.83 bits per heavy atom.